The van der Waals surface area contributed by atoms with Crippen LogP contribution in [-0.2, 0) is 9.53 Å². The molecule has 0 aliphatic heterocycles. The monoisotopic (exact) mass is 230 g/mol. The fourth-order valence-corrected chi connectivity index (χ4v) is 1.30. The van der Waals surface area contributed by atoms with Crippen molar-refractivity contribution in [3.8, 4) is 6.07 Å². The van der Waals surface area contributed by atoms with Gasteiger partial charge in [-0.25, -0.2) is 4.79 Å². The van der Waals surface area contributed by atoms with Gasteiger partial charge in [0.05, 0.1) is 12.3 Å². The lowest BCUT2D eigenvalue weighted by Crippen LogP contribution is -2.12. The highest BCUT2D eigenvalue weighted by Gasteiger charge is 2.15. The SMILES string of the molecule is CCOC(=O)/C(C#N)=C(\N)c1ccc(C)cc1. The predicted octanol–water partition coefficient (Wildman–Crippen LogP) is 1.75. The van der Waals surface area contributed by atoms with Crippen LogP contribution < -0.4 is 5.73 Å². The Bertz CT molecular complexity index is 481. The number of carbonyl (C=O) groups excluding carboxylic acids is 1. The van der Waals surface area contributed by atoms with Crippen LogP contribution in [0, 0.1) is 18.3 Å². The Balaban J connectivity index is 3.13. The first kappa shape index (κ1) is 12.8. The van der Waals surface area contributed by atoms with Crippen molar-refractivity contribution in [2.24, 2.45) is 5.73 Å². The molecule has 0 atom stereocenters. The van der Waals surface area contributed by atoms with Crippen molar-refractivity contribution in [2.45, 2.75) is 13.8 Å². The number of aryl methyl sites for hydroxylation is 1. The molecule has 0 saturated carbocycles. The highest BCUT2D eigenvalue weighted by molar-refractivity contribution is 6.00. The van der Waals surface area contributed by atoms with E-state index in [1.165, 1.54) is 0 Å². The molecule has 88 valence electrons. The average Bonchev–Trinajstić information content (AvgIpc) is 2.31. The largest absolute Gasteiger partial charge is 0.462 e. The van der Waals surface area contributed by atoms with Crippen molar-refractivity contribution >= 4 is 11.7 Å². The van der Waals surface area contributed by atoms with E-state index in [1.54, 1.807) is 25.1 Å². The van der Waals surface area contributed by atoms with Gasteiger partial charge in [-0.1, -0.05) is 29.8 Å². The summed E-state index contributed by atoms with van der Waals surface area (Å²) >= 11 is 0. The van der Waals surface area contributed by atoms with Gasteiger partial charge in [0.1, 0.15) is 6.07 Å². The highest BCUT2D eigenvalue weighted by atomic mass is 16.5. The number of esters is 1. The molecule has 0 aliphatic rings. The number of rotatable bonds is 3. The maximum Gasteiger partial charge on any atom is 0.351 e. The molecule has 4 heteroatoms. The summed E-state index contributed by atoms with van der Waals surface area (Å²) in [5.74, 6) is -0.687. The third-order valence-electron chi connectivity index (χ3n) is 2.22. The van der Waals surface area contributed by atoms with Gasteiger partial charge in [-0.05, 0) is 19.4 Å². The summed E-state index contributed by atoms with van der Waals surface area (Å²) in [6, 6.07) is 9.04. The second kappa shape index (κ2) is 5.71. The number of ether oxygens (including phenoxy) is 1. The molecule has 4 nitrogen and oxygen atoms in total. The van der Waals surface area contributed by atoms with E-state index in [0.717, 1.165) is 5.56 Å². The van der Waals surface area contributed by atoms with Crippen LogP contribution in [0.5, 0.6) is 0 Å². The minimum atomic E-state index is -0.687. The molecular formula is C13H14N2O2. The smallest absolute Gasteiger partial charge is 0.351 e. The Morgan fingerprint density at radius 2 is 2.00 bits per heavy atom. The fraction of sp³-hybridized carbons (Fsp3) is 0.231. The Kier molecular flexibility index (Phi) is 4.29. The van der Waals surface area contributed by atoms with Crippen molar-refractivity contribution in [1.29, 1.82) is 5.26 Å². The van der Waals surface area contributed by atoms with Crippen LogP contribution in [0.15, 0.2) is 29.8 Å². The number of carbonyl (C=O) groups is 1. The second-order valence-corrected chi connectivity index (χ2v) is 3.49. The van der Waals surface area contributed by atoms with Crippen molar-refractivity contribution in [2.75, 3.05) is 6.61 Å². The van der Waals surface area contributed by atoms with Crippen molar-refractivity contribution in [3.05, 3.63) is 41.0 Å². The molecule has 2 N–H and O–H groups in total. The van der Waals surface area contributed by atoms with Gasteiger partial charge < -0.3 is 10.5 Å². The molecule has 1 rings (SSSR count). The molecule has 0 unspecified atom stereocenters. The van der Waals surface area contributed by atoms with Gasteiger partial charge in [0.25, 0.3) is 0 Å². The van der Waals surface area contributed by atoms with Crippen LogP contribution in [0.1, 0.15) is 18.1 Å². The normalized spacial score (nSPS) is 11.4. The quantitative estimate of drug-likeness (QED) is 0.487. The highest BCUT2D eigenvalue weighted by Crippen LogP contribution is 2.15. The minimum Gasteiger partial charge on any atom is -0.462 e. The molecule has 0 amide bonds. The Hall–Kier alpha value is -2.28. The minimum absolute atomic E-state index is 0.144. The first-order valence-corrected chi connectivity index (χ1v) is 5.24. The Morgan fingerprint density at radius 1 is 1.41 bits per heavy atom. The van der Waals surface area contributed by atoms with Crippen molar-refractivity contribution < 1.29 is 9.53 Å². The fourth-order valence-electron chi connectivity index (χ4n) is 1.30. The van der Waals surface area contributed by atoms with E-state index < -0.39 is 5.97 Å². The van der Waals surface area contributed by atoms with E-state index >= 15 is 0 Å². The summed E-state index contributed by atoms with van der Waals surface area (Å²) in [6.07, 6.45) is 0. The molecule has 0 spiro atoms. The molecule has 0 fully saturated rings. The van der Waals surface area contributed by atoms with E-state index in [9.17, 15) is 4.79 Å². The van der Waals surface area contributed by atoms with Gasteiger partial charge >= 0.3 is 5.97 Å². The third-order valence-corrected chi connectivity index (χ3v) is 2.22. The standard InChI is InChI=1S/C13H14N2O2/c1-3-17-13(16)11(8-14)12(15)10-6-4-9(2)5-7-10/h4-7H,3,15H2,1-2H3/b12-11-. The van der Waals surface area contributed by atoms with Crippen LogP contribution >= 0.6 is 0 Å². The van der Waals surface area contributed by atoms with Gasteiger partial charge in [0.15, 0.2) is 5.57 Å². The van der Waals surface area contributed by atoms with Crippen LogP contribution in [-0.4, -0.2) is 12.6 Å². The van der Waals surface area contributed by atoms with Crippen LogP contribution in [0.4, 0.5) is 0 Å². The number of nitrogens with two attached hydrogens (primary N) is 1. The summed E-state index contributed by atoms with van der Waals surface area (Å²) in [4.78, 5) is 11.5. The topological polar surface area (TPSA) is 76.1 Å². The van der Waals surface area contributed by atoms with Gasteiger partial charge in [-0.2, -0.15) is 5.26 Å². The molecule has 0 bridgehead atoms. The zero-order valence-electron chi connectivity index (χ0n) is 9.86. The lowest BCUT2D eigenvalue weighted by atomic mass is 10.1. The Labute approximate surface area is 100 Å². The van der Waals surface area contributed by atoms with Crippen LogP contribution in [0.2, 0.25) is 0 Å². The third kappa shape index (κ3) is 3.08. The molecule has 1 aromatic rings. The zero-order valence-corrected chi connectivity index (χ0v) is 9.86. The summed E-state index contributed by atoms with van der Waals surface area (Å²) in [7, 11) is 0. The molecular weight excluding hydrogens is 216 g/mol. The summed E-state index contributed by atoms with van der Waals surface area (Å²) < 4.78 is 4.76. The predicted molar refractivity (Wildman–Crippen MR) is 64.5 cm³/mol. The molecule has 0 aromatic heterocycles. The number of nitriles is 1. The van der Waals surface area contributed by atoms with Crippen LogP contribution in [0.3, 0.4) is 0 Å². The number of hydrogen-bond acceptors (Lipinski definition) is 4. The molecule has 0 saturated heterocycles. The van der Waals surface area contributed by atoms with E-state index in [2.05, 4.69) is 0 Å². The number of benzene rings is 1. The molecule has 0 radical (unpaired) electrons. The second-order valence-electron chi connectivity index (χ2n) is 3.49. The number of nitrogens with zero attached hydrogens (tertiary/aromatic N) is 1. The van der Waals surface area contributed by atoms with E-state index in [1.807, 2.05) is 19.1 Å². The van der Waals surface area contributed by atoms with Gasteiger partial charge in [-0.3, -0.25) is 0 Å². The summed E-state index contributed by atoms with van der Waals surface area (Å²) in [6.45, 7) is 3.83. The maximum atomic E-state index is 11.5. The van der Waals surface area contributed by atoms with E-state index in [0.29, 0.717) is 5.56 Å². The first-order valence-electron chi connectivity index (χ1n) is 5.24. The average molecular weight is 230 g/mol. The van der Waals surface area contributed by atoms with Gasteiger partial charge in [0.2, 0.25) is 0 Å². The van der Waals surface area contributed by atoms with Gasteiger partial charge in [0, 0.05) is 0 Å². The van der Waals surface area contributed by atoms with Gasteiger partial charge in [-0.15, -0.1) is 0 Å². The molecule has 0 heterocycles. The number of hydrogen-bond donors (Lipinski definition) is 1. The Morgan fingerprint density at radius 3 is 2.47 bits per heavy atom. The lowest BCUT2D eigenvalue weighted by molar-refractivity contribution is -0.137. The first-order chi connectivity index (χ1) is 8.10. The summed E-state index contributed by atoms with van der Waals surface area (Å²) in [5.41, 5.74) is 7.49. The maximum absolute atomic E-state index is 11.5. The lowest BCUT2D eigenvalue weighted by Gasteiger charge is -2.05. The molecule has 0 aliphatic carbocycles. The van der Waals surface area contributed by atoms with Crippen molar-refractivity contribution in [3.63, 3.8) is 0 Å². The van der Waals surface area contributed by atoms with E-state index in [-0.39, 0.29) is 17.9 Å². The zero-order chi connectivity index (χ0) is 12.8. The summed E-state index contributed by atoms with van der Waals surface area (Å²) in [5, 5.41) is 8.92. The van der Waals surface area contributed by atoms with E-state index in [4.69, 9.17) is 15.7 Å². The molecule has 17 heavy (non-hydrogen) atoms. The van der Waals surface area contributed by atoms with Crippen molar-refractivity contribution in [1.82, 2.24) is 0 Å². The van der Waals surface area contributed by atoms with Crippen LogP contribution in [0.25, 0.3) is 5.70 Å². The molecule has 1 aromatic carbocycles.